The van der Waals surface area contributed by atoms with Crippen molar-refractivity contribution in [2.75, 3.05) is 13.1 Å². The molecule has 118 valence electrons. The predicted molar refractivity (Wildman–Crippen MR) is 73.4 cm³/mol. The molecule has 1 fully saturated rings. The van der Waals surface area contributed by atoms with E-state index in [9.17, 15) is 18.0 Å². The molecule has 2 atom stereocenters. The zero-order valence-corrected chi connectivity index (χ0v) is 12.8. The van der Waals surface area contributed by atoms with Crippen molar-refractivity contribution in [3.05, 3.63) is 0 Å². The van der Waals surface area contributed by atoms with Crippen molar-refractivity contribution >= 4 is 5.78 Å². The quantitative estimate of drug-likeness (QED) is 0.766. The van der Waals surface area contributed by atoms with E-state index in [-0.39, 0.29) is 24.3 Å². The molecule has 0 saturated heterocycles. The third-order valence-corrected chi connectivity index (χ3v) is 4.31. The fourth-order valence-corrected chi connectivity index (χ4v) is 2.90. The number of rotatable bonds is 5. The Kier molecular flexibility index (Phi) is 6.05. The maximum absolute atomic E-state index is 12.6. The molecule has 1 rings (SSSR count). The molecule has 1 aliphatic carbocycles. The van der Waals surface area contributed by atoms with E-state index in [2.05, 4.69) is 13.8 Å². The van der Waals surface area contributed by atoms with Crippen LogP contribution in [0.3, 0.4) is 0 Å². The lowest BCUT2D eigenvalue weighted by Gasteiger charge is -2.35. The second kappa shape index (κ2) is 6.92. The standard InChI is InChI=1S/C15H26F3NO/c1-10(2)12-5-6-14(20)13(7-12)8-19(11(3)4)9-15(16,17)18/h10-13H,5-9H2,1-4H3. The molecule has 1 aliphatic rings. The van der Waals surface area contributed by atoms with Crippen molar-refractivity contribution in [2.24, 2.45) is 17.8 Å². The van der Waals surface area contributed by atoms with Gasteiger partial charge < -0.3 is 0 Å². The van der Waals surface area contributed by atoms with Gasteiger partial charge in [0.05, 0.1) is 6.54 Å². The number of carbonyl (C=O) groups excluding carboxylic acids is 1. The Hall–Kier alpha value is -0.580. The number of nitrogens with zero attached hydrogens (tertiary/aromatic N) is 1. The van der Waals surface area contributed by atoms with Gasteiger partial charge in [-0.25, -0.2) is 0 Å². The van der Waals surface area contributed by atoms with E-state index >= 15 is 0 Å². The van der Waals surface area contributed by atoms with Gasteiger partial charge in [-0.1, -0.05) is 13.8 Å². The number of alkyl halides is 3. The number of Topliss-reactive ketones (excluding diaryl/α,β-unsaturated/α-hetero) is 1. The first-order valence-corrected chi connectivity index (χ1v) is 7.43. The Morgan fingerprint density at radius 2 is 1.85 bits per heavy atom. The molecule has 0 spiro atoms. The third-order valence-electron chi connectivity index (χ3n) is 4.31. The molecular weight excluding hydrogens is 267 g/mol. The summed E-state index contributed by atoms with van der Waals surface area (Å²) in [5.41, 5.74) is 0. The summed E-state index contributed by atoms with van der Waals surface area (Å²) in [5.74, 6) is 0.842. The molecule has 0 aromatic carbocycles. The van der Waals surface area contributed by atoms with E-state index < -0.39 is 12.7 Å². The second-order valence-corrected chi connectivity index (χ2v) is 6.58. The van der Waals surface area contributed by atoms with Crippen LogP contribution in [0, 0.1) is 17.8 Å². The lowest BCUT2D eigenvalue weighted by molar-refractivity contribution is -0.153. The minimum absolute atomic E-state index is 0.134. The summed E-state index contributed by atoms with van der Waals surface area (Å²) in [7, 11) is 0. The molecule has 2 unspecified atom stereocenters. The zero-order valence-electron chi connectivity index (χ0n) is 12.8. The number of hydrogen-bond donors (Lipinski definition) is 0. The van der Waals surface area contributed by atoms with Crippen LogP contribution in [0.5, 0.6) is 0 Å². The number of halogens is 3. The fraction of sp³-hybridized carbons (Fsp3) is 0.933. The summed E-state index contributed by atoms with van der Waals surface area (Å²) in [6.45, 7) is 7.04. The summed E-state index contributed by atoms with van der Waals surface area (Å²) in [6.07, 6.45) is -2.07. The molecule has 0 aromatic heterocycles. The average Bonchev–Trinajstić information content (AvgIpc) is 2.28. The minimum Gasteiger partial charge on any atom is -0.299 e. The highest BCUT2D eigenvalue weighted by molar-refractivity contribution is 5.82. The van der Waals surface area contributed by atoms with E-state index in [0.717, 1.165) is 12.8 Å². The number of hydrogen-bond acceptors (Lipinski definition) is 2. The van der Waals surface area contributed by atoms with E-state index in [1.807, 2.05) is 0 Å². The van der Waals surface area contributed by atoms with Gasteiger partial charge in [0, 0.05) is 24.9 Å². The Bertz CT molecular complexity index is 326. The van der Waals surface area contributed by atoms with E-state index in [1.54, 1.807) is 13.8 Å². The first-order chi connectivity index (χ1) is 9.10. The summed E-state index contributed by atoms with van der Waals surface area (Å²) in [5, 5.41) is 0. The monoisotopic (exact) mass is 293 g/mol. The molecule has 0 aliphatic heterocycles. The maximum atomic E-state index is 12.6. The van der Waals surface area contributed by atoms with Crippen molar-refractivity contribution in [3.63, 3.8) is 0 Å². The summed E-state index contributed by atoms with van der Waals surface area (Å²) in [6, 6.07) is -0.205. The van der Waals surface area contributed by atoms with Crippen LogP contribution in [0.1, 0.15) is 47.0 Å². The Labute approximate surface area is 119 Å². The maximum Gasteiger partial charge on any atom is 0.401 e. The highest BCUT2D eigenvalue weighted by atomic mass is 19.4. The lowest BCUT2D eigenvalue weighted by Crippen LogP contribution is -2.44. The minimum atomic E-state index is -4.21. The van der Waals surface area contributed by atoms with Crippen LogP contribution >= 0.6 is 0 Å². The molecule has 5 heteroatoms. The van der Waals surface area contributed by atoms with Gasteiger partial charge in [-0.15, -0.1) is 0 Å². The molecule has 2 nitrogen and oxygen atoms in total. The highest BCUT2D eigenvalue weighted by Gasteiger charge is 2.36. The lowest BCUT2D eigenvalue weighted by atomic mass is 9.75. The van der Waals surface area contributed by atoms with Crippen LogP contribution in [0.4, 0.5) is 13.2 Å². The van der Waals surface area contributed by atoms with Crippen LogP contribution in [-0.4, -0.2) is 36.0 Å². The fourth-order valence-electron chi connectivity index (χ4n) is 2.90. The molecular formula is C15H26F3NO. The van der Waals surface area contributed by atoms with Crippen LogP contribution in [-0.2, 0) is 4.79 Å². The normalized spacial score (nSPS) is 25.0. The van der Waals surface area contributed by atoms with Crippen molar-refractivity contribution in [1.82, 2.24) is 4.90 Å². The molecule has 0 radical (unpaired) electrons. The van der Waals surface area contributed by atoms with Crippen molar-refractivity contribution in [3.8, 4) is 0 Å². The topological polar surface area (TPSA) is 20.3 Å². The summed E-state index contributed by atoms with van der Waals surface area (Å²) >= 11 is 0. The van der Waals surface area contributed by atoms with Crippen LogP contribution < -0.4 is 0 Å². The van der Waals surface area contributed by atoms with E-state index in [0.29, 0.717) is 18.3 Å². The number of ketones is 1. The molecule has 0 N–H and O–H groups in total. The summed E-state index contributed by atoms with van der Waals surface area (Å²) in [4.78, 5) is 13.4. The third kappa shape index (κ3) is 5.43. The van der Waals surface area contributed by atoms with Crippen molar-refractivity contribution in [1.29, 1.82) is 0 Å². The van der Waals surface area contributed by atoms with Gasteiger partial charge in [0.25, 0.3) is 0 Å². The van der Waals surface area contributed by atoms with Gasteiger partial charge in [0.1, 0.15) is 5.78 Å². The largest absolute Gasteiger partial charge is 0.401 e. The van der Waals surface area contributed by atoms with Crippen molar-refractivity contribution in [2.45, 2.75) is 59.2 Å². The Morgan fingerprint density at radius 1 is 1.25 bits per heavy atom. The van der Waals surface area contributed by atoms with Crippen LogP contribution in [0.2, 0.25) is 0 Å². The molecule has 1 saturated carbocycles. The molecule has 0 heterocycles. The second-order valence-electron chi connectivity index (χ2n) is 6.58. The van der Waals surface area contributed by atoms with E-state index in [4.69, 9.17) is 0 Å². The van der Waals surface area contributed by atoms with Gasteiger partial charge in [-0.3, -0.25) is 9.69 Å². The highest BCUT2D eigenvalue weighted by Crippen LogP contribution is 2.32. The molecule has 0 bridgehead atoms. The first kappa shape index (κ1) is 17.5. The average molecular weight is 293 g/mol. The van der Waals surface area contributed by atoms with Gasteiger partial charge in [-0.2, -0.15) is 13.2 Å². The smallest absolute Gasteiger partial charge is 0.299 e. The van der Waals surface area contributed by atoms with Crippen molar-refractivity contribution < 1.29 is 18.0 Å². The van der Waals surface area contributed by atoms with E-state index in [1.165, 1.54) is 4.90 Å². The summed E-state index contributed by atoms with van der Waals surface area (Å²) < 4.78 is 37.8. The zero-order chi connectivity index (χ0) is 15.5. The van der Waals surface area contributed by atoms with Gasteiger partial charge in [0.2, 0.25) is 0 Å². The SMILES string of the molecule is CC(C)C1CCC(=O)C(CN(CC(F)(F)F)C(C)C)C1. The first-order valence-electron chi connectivity index (χ1n) is 7.43. The molecule has 0 amide bonds. The van der Waals surface area contributed by atoms with Crippen LogP contribution in [0.25, 0.3) is 0 Å². The van der Waals surface area contributed by atoms with Gasteiger partial charge in [-0.05, 0) is 38.5 Å². The van der Waals surface area contributed by atoms with Gasteiger partial charge >= 0.3 is 6.18 Å². The number of carbonyl (C=O) groups is 1. The van der Waals surface area contributed by atoms with Crippen LogP contribution in [0.15, 0.2) is 0 Å². The molecule has 0 aromatic rings. The molecule has 20 heavy (non-hydrogen) atoms. The Balaban J connectivity index is 2.68. The van der Waals surface area contributed by atoms with Gasteiger partial charge in [0.15, 0.2) is 0 Å². The Morgan fingerprint density at radius 3 is 2.30 bits per heavy atom. The predicted octanol–water partition coefficient (Wildman–Crippen LogP) is 3.90.